The number of methoxy groups -OCH3 is 1. The molecule has 0 saturated carbocycles. The molecule has 0 aliphatic heterocycles. The van der Waals surface area contributed by atoms with Crippen LogP contribution in [0.1, 0.15) is 17.3 Å². The van der Waals surface area contributed by atoms with Gasteiger partial charge in [-0.3, -0.25) is 9.63 Å². The van der Waals surface area contributed by atoms with E-state index in [1.54, 1.807) is 25.2 Å². The molecule has 1 aromatic carbocycles. The van der Waals surface area contributed by atoms with Crippen LogP contribution in [0.25, 0.3) is 0 Å². The van der Waals surface area contributed by atoms with Crippen LogP contribution in [0.4, 0.5) is 0 Å². The van der Waals surface area contributed by atoms with Crippen LogP contribution >= 0.6 is 0 Å². The summed E-state index contributed by atoms with van der Waals surface area (Å²) in [7, 11) is 4.51. The van der Waals surface area contributed by atoms with Gasteiger partial charge in [0.25, 0.3) is 5.91 Å². The van der Waals surface area contributed by atoms with Crippen molar-refractivity contribution < 1.29 is 19.1 Å². The first-order valence-corrected chi connectivity index (χ1v) is 5.27. The Balaban J connectivity index is 3.00. The van der Waals surface area contributed by atoms with Crippen LogP contribution in [0.2, 0.25) is 0 Å². The largest absolute Gasteiger partial charge is 0.493 e. The number of hydrogen-bond acceptors (Lipinski definition) is 4. The molecule has 0 fully saturated rings. The van der Waals surface area contributed by atoms with Crippen molar-refractivity contribution in [3.8, 4) is 11.5 Å². The predicted molar refractivity (Wildman–Crippen MR) is 63.3 cm³/mol. The molecule has 1 rings (SSSR count). The summed E-state index contributed by atoms with van der Waals surface area (Å²) >= 11 is 0. The van der Waals surface area contributed by atoms with Gasteiger partial charge >= 0.3 is 0 Å². The van der Waals surface area contributed by atoms with Crippen molar-refractivity contribution in [2.24, 2.45) is 0 Å². The fraction of sp³-hybridized carbons (Fsp3) is 0.417. The van der Waals surface area contributed by atoms with Crippen molar-refractivity contribution in [3.05, 3.63) is 23.8 Å². The average Bonchev–Trinajstić information content (AvgIpc) is 2.37. The SMILES string of the molecule is CCOc1ccc(C(=O)N(C)OC)cc1OC. The second-order valence-electron chi connectivity index (χ2n) is 3.28. The van der Waals surface area contributed by atoms with Gasteiger partial charge in [0.1, 0.15) is 0 Å². The Morgan fingerprint density at radius 2 is 2.00 bits per heavy atom. The number of carbonyl (C=O) groups excluding carboxylic acids is 1. The number of hydrogen-bond donors (Lipinski definition) is 0. The smallest absolute Gasteiger partial charge is 0.277 e. The average molecular weight is 239 g/mol. The number of ether oxygens (including phenoxy) is 2. The van der Waals surface area contributed by atoms with E-state index in [0.717, 1.165) is 5.06 Å². The summed E-state index contributed by atoms with van der Waals surface area (Å²) in [6, 6.07) is 5.01. The van der Waals surface area contributed by atoms with E-state index >= 15 is 0 Å². The monoisotopic (exact) mass is 239 g/mol. The Bertz CT molecular complexity index is 392. The van der Waals surface area contributed by atoms with Crippen LogP contribution in [0, 0.1) is 0 Å². The summed E-state index contributed by atoms with van der Waals surface area (Å²) in [6.45, 7) is 2.43. The molecule has 0 saturated heterocycles. The van der Waals surface area contributed by atoms with Crippen molar-refractivity contribution >= 4 is 5.91 Å². The lowest BCUT2D eigenvalue weighted by Crippen LogP contribution is -2.25. The van der Waals surface area contributed by atoms with Gasteiger partial charge in [-0.25, -0.2) is 5.06 Å². The molecule has 0 unspecified atom stereocenters. The van der Waals surface area contributed by atoms with Gasteiger partial charge in [-0.1, -0.05) is 0 Å². The van der Waals surface area contributed by atoms with Crippen molar-refractivity contribution in [1.29, 1.82) is 0 Å². The molecule has 0 aliphatic rings. The van der Waals surface area contributed by atoms with Crippen LogP contribution in [-0.4, -0.2) is 38.8 Å². The van der Waals surface area contributed by atoms with E-state index in [1.165, 1.54) is 14.2 Å². The third kappa shape index (κ3) is 3.10. The maximum atomic E-state index is 11.8. The van der Waals surface area contributed by atoms with Gasteiger partial charge in [-0.15, -0.1) is 0 Å². The van der Waals surface area contributed by atoms with Crippen molar-refractivity contribution in [2.75, 3.05) is 27.9 Å². The molecule has 0 aromatic heterocycles. The molecule has 0 atom stereocenters. The molecule has 94 valence electrons. The molecule has 0 radical (unpaired) electrons. The lowest BCUT2D eigenvalue weighted by atomic mass is 10.2. The molecular formula is C12H17NO4. The Hall–Kier alpha value is -1.75. The van der Waals surface area contributed by atoms with Crippen LogP contribution in [0.3, 0.4) is 0 Å². The van der Waals surface area contributed by atoms with Crippen LogP contribution < -0.4 is 9.47 Å². The van der Waals surface area contributed by atoms with E-state index in [4.69, 9.17) is 14.3 Å². The van der Waals surface area contributed by atoms with Gasteiger partial charge in [-0.05, 0) is 25.1 Å². The fourth-order valence-corrected chi connectivity index (χ4v) is 1.34. The van der Waals surface area contributed by atoms with Gasteiger partial charge in [0, 0.05) is 12.6 Å². The van der Waals surface area contributed by atoms with E-state index in [2.05, 4.69) is 0 Å². The standard InChI is InChI=1S/C12H17NO4/c1-5-17-10-7-6-9(8-11(10)15-3)12(14)13(2)16-4/h6-8H,5H2,1-4H3. The van der Waals surface area contributed by atoms with Crippen LogP contribution in [0.15, 0.2) is 18.2 Å². The Morgan fingerprint density at radius 3 is 2.53 bits per heavy atom. The molecule has 0 aliphatic carbocycles. The molecule has 1 aromatic rings. The van der Waals surface area contributed by atoms with Crippen LogP contribution in [-0.2, 0) is 4.84 Å². The maximum Gasteiger partial charge on any atom is 0.277 e. The number of amides is 1. The second-order valence-corrected chi connectivity index (χ2v) is 3.28. The molecule has 0 spiro atoms. The lowest BCUT2D eigenvalue weighted by molar-refractivity contribution is -0.0757. The van der Waals surface area contributed by atoms with Gasteiger partial charge in [0.2, 0.25) is 0 Å². The predicted octanol–water partition coefficient (Wildman–Crippen LogP) is 1.73. The molecular weight excluding hydrogens is 222 g/mol. The highest BCUT2D eigenvalue weighted by atomic mass is 16.7. The van der Waals surface area contributed by atoms with Crippen molar-refractivity contribution in [1.82, 2.24) is 5.06 Å². The summed E-state index contributed by atoms with van der Waals surface area (Å²) < 4.78 is 10.5. The Labute approximate surface area is 101 Å². The van der Waals surface area contributed by atoms with Gasteiger partial charge in [0.05, 0.1) is 20.8 Å². The van der Waals surface area contributed by atoms with E-state index < -0.39 is 0 Å². The van der Waals surface area contributed by atoms with E-state index in [9.17, 15) is 4.79 Å². The second kappa shape index (κ2) is 6.10. The molecule has 5 nitrogen and oxygen atoms in total. The normalized spacial score (nSPS) is 9.88. The third-order valence-corrected chi connectivity index (χ3v) is 2.27. The van der Waals surface area contributed by atoms with Gasteiger partial charge in [0.15, 0.2) is 11.5 Å². The Kier molecular flexibility index (Phi) is 4.78. The zero-order valence-corrected chi connectivity index (χ0v) is 10.5. The minimum Gasteiger partial charge on any atom is -0.493 e. The number of benzene rings is 1. The van der Waals surface area contributed by atoms with E-state index in [-0.39, 0.29) is 5.91 Å². The maximum absolute atomic E-state index is 11.8. The first-order valence-electron chi connectivity index (χ1n) is 5.27. The number of carbonyl (C=O) groups is 1. The first-order chi connectivity index (χ1) is 8.13. The summed E-state index contributed by atoms with van der Waals surface area (Å²) in [6.07, 6.45) is 0. The molecule has 0 bridgehead atoms. The summed E-state index contributed by atoms with van der Waals surface area (Å²) in [5.41, 5.74) is 0.481. The minimum atomic E-state index is -0.242. The zero-order valence-electron chi connectivity index (χ0n) is 10.5. The molecule has 1 amide bonds. The first kappa shape index (κ1) is 13.3. The molecule has 17 heavy (non-hydrogen) atoms. The minimum absolute atomic E-state index is 0.242. The summed E-state index contributed by atoms with van der Waals surface area (Å²) in [5, 5.41) is 1.15. The highest BCUT2D eigenvalue weighted by Gasteiger charge is 2.14. The molecule has 5 heteroatoms. The number of nitrogens with zero attached hydrogens (tertiary/aromatic N) is 1. The molecule has 0 heterocycles. The van der Waals surface area contributed by atoms with E-state index in [0.29, 0.717) is 23.7 Å². The van der Waals surface area contributed by atoms with Gasteiger partial charge in [-0.2, -0.15) is 0 Å². The van der Waals surface area contributed by atoms with Crippen molar-refractivity contribution in [2.45, 2.75) is 6.92 Å². The highest BCUT2D eigenvalue weighted by Crippen LogP contribution is 2.28. The van der Waals surface area contributed by atoms with Gasteiger partial charge < -0.3 is 9.47 Å². The summed E-state index contributed by atoms with van der Waals surface area (Å²) in [5.74, 6) is 0.905. The number of hydroxylamine groups is 2. The third-order valence-electron chi connectivity index (χ3n) is 2.27. The Morgan fingerprint density at radius 1 is 1.29 bits per heavy atom. The number of rotatable bonds is 5. The molecule has 0 N–H and O–H groups in total. The van der Waals surface area contributed by atoms with E-state index in [1.807, 2.05) is 6.92 Å². The summed E-state index contributed by atoms with van der Waals surface area (Å²) in [4.78, 5) is 16.6. The zero-order chi connectivity index (χ0) is 12.8. The van der Waals surface area contributed by atoms with Crippen LogP contribution in [0.5, 0.6) is 11.5 Å². The lowest BCUT2D eigenvalue weighted by Gasteiger charge is -2.15. The van der Waals surface area contributed by atoms with Crippen molar-refractivity contribution in [3.63, 3.8) is 0 Å². The quantitative estimate of drug-likeness (QED) is 0.734. The fourth-order valence-electron chi connectivity index (χ4n) is 1.34. The topological polar surface area (TPSA) is 48.0 Å². The highest BCUT2D eigenvalue weighted by molar-refractivity contribution is 5.94.